The summed E-state index contributed by atoms with van der Waals surface area (Å²) in [5.41, 5.74) is 0. The molecule has 15 heavy (non-hydrogen) atoms. The molecular formula is C11H22N4. The zero-order chi connectivity index (χ0) is 11.1. The molecule has 0 saturated heterocycles. The summed E-state index contributed by atoms with van der Waals surface area (Å²) in [5.74, 6) is 2.02. The lowest BCUT2D eigenvalue weighted by atomic mass is 10.2. The third-order valence-electron chi connectivity index (χ3n) is 2.48. The number of hydrogen-bond donors (Lipinski definition) is 1. The van der Waals surface area contributed by atoms with Crippen LogP contribution in [-0.4, -0.2) is 21.3 Å². The van der Waals surface area contributed by atoms with Crippen LogP contribution in [0.15, 0.2) is 0 Å². The van der Waals surface area contributed by atoms with Gasteiger partial charge in [0.05, 0.1) is 0 Å². The number of nitrogens with one attached hydrogen (secondary N) is 1. The second-order valence-electron chi connectivity index (χ2n) is 3.67. The molecule has 0 fully saturated rings. The van der Waals surface area contributed by atoms with E-state index in [2.05, 4.69) is 40.9 Å². The first kappa shape index (κ1) is 12.0. The zero-order valence-corrected chi connectivity index (χ0v) is 10.1. The van der Waals surface area contributed by atoms with Gasteiger partial charge in [0.1, 0.15) is 5.82 Å². The van der Waals surface area contributed by atoms with Gasteiger partial charge in [-0.25, -0.2) is 0 Å². The van der Waals surface area contributed by atoms with E-state index in [-0.39, 0.29) is 0 Å². The van der Waals surface area contributed by atoms with Crippen LogP contribution in [0.3, 0.4) is 0 Å². The summed E-state index contributed by atoms with van der Waals surface area (Å²) in [6, 6.07) is 0. The highest BCUT2D eigenvalue weighted by Gasteiger charge is 2.08. The number of hydrogen-bond acceptors (Lipinski definition) is 3. The van der Waals surface area contributed by atoms with Crippen molar-refractivity contribution in [3.63, 3.8) is 0 Å². The molecule has 1 N–H and O–H groups in total. The van der Waals surface area contributed by atoms with Gasteiger partial charge in [-0.15, -0.1) is 10.2 Å². The van der Waals surface area contributed by atoms with Crippen molar-refractivity contribution in [3.8, 4) is 0 Å². The Morgan fingerprint density at radius 1 is 1.13 bits per heavy atom. The summed E-state index contributed by atoms with van der Waals surface area (Å²) in [4.78, 5) is 0. The minimum atomic E-state index is 0.896. The molecule has 1 aromatic heterocycles. The molecular weight excluding hydrogens is 188 g/mol. The fourth-order valence-corrected chi connectivity index (χ4v) is 1.67. The molecule has 0 amide bonds. The van der Waals surface area contributed by atoms with Gasteiger partial charge in [0, 0.05) is 19.5 Å². The minimum Gasteiger partial charge on any atom is -0.355 e. The molecule has 0 spiro atoms. The van der Waals surface area contributed by atoms with Crippen LogP contribution in [0.5, 0.6) is 0 Å². The molecule has 1 aromatic rings. The predicted octanol–water partition coefficient (Wildman–Crippen LogP) is 2.46. The van der Waals surface area contributed by atoms with Gasteiger partial charge in [-0.1, -0.05) is 19.8 Å². The van der Waals surface area contributed by atoms with E-state index < -0.39 is 0 Å². The third kappa shape index (κ3) is 3.22. The SMILES string of the molecule is CCCCCc1nnc(NCC)n1CC. The van der Waals surface area contributed by atoms with E-state index >= 15 is 0 Å². The smallest absolute Gasteiger partial charge is 0.224 e. The molecule has 0 aliphatic heterocycles. The van der Waals surface area contributed by atoms with Gasteiger partial charge in [-0.05, 0) is 20.3 Å². The van der Waals surface area contributed by atoms with Gasteiger partial charge in [-0.2, -0.15) is 0 Å². The molecule has 4 heteroatoms. The van der Waals surface area contributed by atoms with E-state index in [1.54, 1.807) is 0 Å². The molecule has 1 rings (SSSR count). The van der Waals surface area contributed by atoms with Crippen LogP contribution in [0.4, 0.5) is 5.95 Å². The summed E-state index contributed by atoms with van der Waals surface area (Å²) in [6.45, 7) is 8.26. The van der Waals surface area contributed by atoms with Crippen molar-refractivity contribution in [1.29, 1.82) is 0 Å². The number of rotatable bonds is 7. The Morgan fingerprint density at radius 2 is 1.93 bits per heavy atom. The first-order valence-corrected chi connectivity index (χ1v) is 5.99. The molecule has 4 nitrogen and oxygen atoms in total. The Bertz CT molecular complexity index is 280. The molecule has 0 atom stereocenters. The van der Waals surface area contributed by atoms with Crippen LogP contribution in [0.1, 0.15) is 45.9 Å². The zero-order valence-electron chi connectivity index (χ0n) is 10.1. The Labute approximate surface area is 92.1 Å². The first-order chi connectivity index (χ1) is 7.33. The summed E-state index contributed by atoms with van der Waals surface area (Å²) in [5, 5.41) is 11.6. The van der Waals surface area contributed by atoms with Crippen LogP contribution in [0.2, 0.25) is 0 Å². The van der Waals surface area contributed by atoms with E-state index in [1.807, 2.05) is 0 Å². The Morgan fingerprint density at radius 3 is 2.53 bits per heavy atom. The maximum absolute atomic E-state index is 4.23. The molecule has 0 unspecified atom stereocenters. The highest BCUT2D eigenvalue weighted by atomic mass is 15.3. The van der Waals surface area contributed by atoms with Gasteiger partial charge >= 0.3 is 0 Å². The van der Waals surface area contributed by atoms with Gasteiger partial charge in [-0.3, -0.25) is 4.57 Å². The lowest BCUT2D eigenvalue weighted by Crippen LogP contribution is -2.08. The molecule has 0 aliphatic carbocycles. The Balaban J connectivity index is 2.62. The summed E-state index contributed by atoms with van der Waals surface area (Å²) >= 11 is 0. The average Bonchev–Trinajstić information content (AvgIpc) is 2.62. The molecule has 0 aromatic carbocycles. The van der Waals surface area contributed by atoms with Crippen LogP contribution >= 0.6 is 0 Å². The van der Waals surface area contributed by atoms with Crippen molar-refractivity contribution >= 4 is 5.95 Å². The fraction of sp³-hybridized carbons (Fsp3) is 0.818. The van der Waals surface area contributed by atoms with E-state index in [9.17, 15) is 0 Å². The molecule has 0 bridgehead atoms. The van der Waals surface area contributed by atoms with Crippen LogP contribution in [-0.2, 0) is 13.0 Å². The molecule has 1 heterocycles. The number of unbranched alkanes of at least 4 members (excludes halogenated alkanes) is 2. The summed E-state index contributed by atoms with van der Waals surface area (Å²) in [6.07, 6.45) is 4.77. The van der Waals surface area contributed by atoms with Gasteiger partial charge in [0.25, 0.3) is 0 Å². The van der Waals surface area contributed by atoms with Crippen LogP contribution in [0.25, 0.3) is 0 Å². The quantitative estimate of drug-likeness (QED) is 0.703. The van der Waals surface area contributed by atoms with Crippen LogP contribution in [0, 0.1) is 0 Å². The molecule has 0 saturated carbocycles. The lowest BCUT2D eigenvalue weighted by Gasteiger charge is -2.07. The van der Waals surface area contributed by atoms with E-state index in [0.717, 1.165) is 31.3 Å². The number of anilines is 1. The average molecular weight is 210 g/mol. The predicted molar refractivity (Wildman–Crippen MR) is 63.1 cm³/mol. The number of aryl methyl sites for hydroxylation is 1. The number of nitrogens with zero attached hydrogens (tertiary/aromatic N) is 3. The van der Waals surface area contributed by atoms with Crippen molar-refractivity contribution < 1.29 is 0 Å². The van der Waals surface area contributed by atoms with Crippen LogP contribution < -0.4 is 5.32 Å². The van der Waals surface area contributed by atoms with E-state index in [0.29, 0.717) is 0 Å². The minimum absolute atomic E-state index is 0.896. The lowest BCUT2D eigenvalue weighted by molar-refractivity contribution is 0.642. The second-order valence-corrected chi connectivity index (χ2v) is 3.67. The second kappa shape index (κ2) is 6.43. The molecule has 0 radical (unpaired) electrons. The van der Waals surface area contributed by atoms with Crippen molar-refractivity contribution in [2.24, 2.45) is 0 Å². The Kier molecular flexibility index (Phi) is 5.15. The van der Waals surface area contributed by atoms with E-state index in [1.165, 1.54) is 19.3 Å². The van der Waals surface area contributed by atoms with Crippen molar-refractivity contribution in [3.05, 3.63) is 5.82 Å². The standard InChI is InChI=1S/C11H22N4/c1-4-7-8-9-10-13-14-11(12-5-2)15(10)6-3/h4-9H2,1-3H3,(H,12,14). The molecule has 86 valence electrons. The van der Waals surface area contributed by atoms with Gasteiger partial charge in [0.15, 0.2) is 0 Å². The monoisotopic (exact) mass is 210 g/mol. The number of aromatic nitrogens is 3. The fourth-order valence-electron chi connectivity index (χ4n) is 1.67. The van der Waals surface area contributed by atoms with Crippen molar-refractivity contribution in [2.45, 2.75) is 53.0 Å². The normalized spacial score (nSPS) is 10.6. The summed E-state index contributed by atoms with van der Waals surface area (Å²) in [7, 11) is 0. The maximum atomic E-state index is 4.23. The van der Waals surface area contributed by atoms with E-state index in [4.69, 9.17) is 0 Å². The van der Waals surface area contributed by atoms with Crippen molar-refractivity contribution in [2.75, 3.05) is 11.9 Å². The highest BCUT2D eigenvalue weighted by Crippen LogP contribution is 2.10. The maximum Gasteiger partial charge on any atom is 0.224 e. The Hall–Kier alpha value is -1.06. The highest BCUT2D eigenvalue weighted by molar-refractivity contribution is 5.25. The van der Waals surface area contributed by atoms with Crippen molar-refractivity contribution in [1.82, 2.24) is 14.8 Å². The topological polar surface area (TPSA) is 42.7 Å². The summed E-state index contributed by atoms with van der Waals surface area (Å²) < 4.78 is 2.17. The van der Waals surface area contributed by atoms with Gasteiger partial charge in [0.2, 0.25) is 5.95 Å². The largest absolute Gasteiger partial charge is 0.355 e. The third-order valence-corrected chi connectivity index (χ3v) is 2.48. The molecule has 0 aliphatic rings. The van der Waals surface area contributed by atoms with Gasteiger partial charge < -0.3 is 5.32 Å². The first-order valence-electron chi connectivity index (χ1n) is 5.99.